The Morgan fingerprint density at radius 1 is 1.39 bits per heavy atom. The average Bonchev–Trinajstić information content (AvgIpc) is 2.67. The largest absolute Gasteiger partial charge is 0.463 e. The summed E-state index contributed by atoms with van der Waals surface area (Å²) < 4.78 is 6.49. The molecule has 0 atom stereocenters. The molecule has 1 heterocycles. The van der Waals surface area contributed by atoms with E-state index in [1.54, 1.807) is 0 Å². The van der Waals surface area contributed by atoms with Crippen LogP contribution in [0.15, 0.2) is 27.3 Å². The van der Waals surface area contributed by atoms with Crippen molar-refractivity contribution in [3.05, 3.63) is 33.5 Å². The third-order valence-corrected chi connectivity index (χ3v) is 3.60. The Morgan fingerprint density at radius 2 is 2.17 bits per heavy atom. The molecule has 0 saturated heterocycles. The van der Waals surface area contributed by atoms with Crippen LogP contribution in [0.5, 0.6) is 0 Å². The summed E-state index contributed by atoms with van der Waals surface area (Å²) in [4.78, 5) is 0. The Morgan fingerprint density at radius 3 is 2.89 bits per heavy atom. The minimum absolute atomic E-state index is 0.676. The standard InChI is InChI=1S/C14H17BrClNO/c1-9(2)7-17-4-3-10-8-18-14-12(10)5-11(16)6-13(14)15/h5-6,8-9,17H,3-4,7H2,1-2H3. The summed E-state index contributed by atoms with van der Waals surface area (Å²) in [6.45, 7) is 6.41. The van der Waals surface area contributed by atoms with Crippen molar-refractivity contribution in [2.75, 3.05) is 13.1 Å². The Labute approximate surface area is 121 Å². The Hall–Kier alpha value is -0.510. The lowest BCUT2D eigenvalue weighted by Gasteiger charge is -2.06. The Balaban J connectivity index is 2.09. The molecule has 0 aliphatic carbocycles. The molecule has 98 valence electrons. The molecule has 0 fully saturated rings. The quantitative estimate of drug-likeness (QED) is 0.808. The van der Waals surface area contributed by atoms with Crippen molar-refractivity contribution in [1.29, 1.82) is 0 Å². The molecule has 2 aromatic rings. The number of benzene rings is 1. The van der Waals surface area contributed by atoms with Gasteiger partial charge >= 0.3 is 0 Å². The smallest absolute Gasteiger partial charge is 0.148 e. The van der Waals surface area contributed by atoms with E-state index in [4.69, 9.17) is 16.0 Å². The number of nitrogens with one attached hydrogen (secondary N) is 1. The Kier molecular flexibility index (Phi) is 4.71. The van der Waals surface area contributed by atoms with Crippen LogP contribution in [0.1, 0.15) is 19.4 Å². The molecule has 0 saturated carbocycles. The van der Waals surface area contributed by atoms with Crippen molar-refractivity contribution >= 4 is 38.5 Å². The predicted octanol–water partition coefficient (Wildman–Crippen LogP) is 4.64. The van der Waals surface area contributed by atoms with Gasteiger partial charge in [0.2, 0.25) is 0 Å². The molecular formula is C14H17BrClNO. The number of fused-ring (bicyclic) bond motifs is 1. The van der Waals surface area contributed by atoms with Crippen LogP contribution in [0.2, 0.25) is 5.02 Å². The van der Waals surface area contributed by atoms with Crippen LogP contribution in [0.4, 0.5) is 0 Å². The van der Waals surface area contributed by atoms with Crippen LogP contribution < -0.4 is 5.32 Å². The van der Waals surface area contributed by atoms with Crippen LogP contribution >= 0.6 is 27.5 Å². The van der Waals surface area contributed by atoms with Crippen molar-refractivity contribution < 1.29 is 4.42 Å². The lowest BCUT2D eigenvalue weighted by Crippen LogP contribution is -2.21. The monoisotopic (exact) mass is 329 g/mol. The van der Waals surface area contributed by atoms with Crippen molar-refractivity contribution in [1.82, 2.24) is 5.32 Å². The summed E-state index contributed by atoms with van der Waals surface area (Å²) in [5, 5.41) is 5.26. The van der Waals surface area contributed by atoms with Crippen molar-refractivity contribution in [2.24, 2.45) is 5.92 Å². The minimum Gasteiger partial charge on any atom is -0.463 e. The van der Waals surface area contributed by atoms with E-state index >= 15 is 0 Å². The van der Waals surface area contributed by atoms with E-state index in [9.17, 15) is 0 Å². The molecule has 0 spiro atoms. The number of rotatable bonds is 5. The lowest BCUT2D eigenvalue weighted by molar-refractivity contribution is 0.552. The second kappa shape index (κ2) is 6.09. The van der Waals surface area contributed by atoms with Gasteiger partial charge in [0.1, 0.15) is 5.58 Å². The molecule has 0 amide bonds. The van der Waals surface area contributed by atoms with Gasteiger partial charge in [-0.15, -0.1) is 0 Å². The highest BCUT2D eigenvalue weighted by molar-refractivity contribution is 9.10. The Bertz CT molecular complexity index is 536. The van der Waals surface area contributed by atoms with E-state index in [-0.39, 0.29) is 0 Å². The van der Waals surface area contributed by atoms with Gasteiger partial charge in [0.25, 0.3) is 0 Å². The molecule has 4 heteroatoms. The fourth-order valence-corrected chi connectivity index (χ4v) is 2.82. The molecule has 0 aliphatic rings. The first-order valence-electron chi connectivity index (χ1n) is 6.13. The summed E-state index contributed by atoms with van der Waals surface area (Å²) in [6, 6.07) is 3.82. The zero-order chi connectivity index (χ0) is 13.1. The zero-order valence-corrected chi connectivity index (χ0v) is 12.9. The molecule has 1 aromatic heterocycles. The van der Waals surface area contributed by atoms with Gasteiger partial charge in [-0.3, -0.25) is 0 Å². The third kappa shape index (κ3) is 3.28. The summed E-state index contributed by atoms with van der Waals surface area (Å²) in [6.07, 6.45) is 2.77. The predicted molar refractivity (Wildman–Crippen MR) is 80.3 cm³/mol. The number of hydrogen-bond acceptors (Lipinski definition) is 2. The highest BCUT2D eigenvalue weighted by Gasteiger charge is 2.10. The molecular weight excluding hydrogens is 314 g/mol. The first-order valence-corrected chi connectivity index (χ1v) is 7.31. The van der Waals surface area contributed by atoms with Crippen molar-refractivity contribution in [3.63, 3.8) is 0 Å². The maximum absolute atomic E-state index is 6.07. The maximum Gasteiger partial charge on any atom is 0.148 e. The molecule has 2 rings (SSSR count). The minimum atomic E-state index is 0.676. The van der Waals surface area contributed by atoms with Crippen LogP contribution in [-0.4, -0.2) is 13.1 Å². The molecule has 18 heavy (non-hydrogen) atoms. The number of furan rings is 1. The van der Waals surface area contributed by atoms with Crippen LogP contribution in [-0.2, 0) is 6.42 Å². The van der Waals surface area contributed by atoms with E-state index in [1.165, 1.54) is 5.56 Å². The lowest BCUT2D eigenvalue weighted by atomic mass is 10.1. The molecule has 0 radical (unpaired) electrons. The van der Waals surface area contributed by atoms with E-state index in [0.717, 1.165) is 40.0 Å². The second-order valence-electron chi connectivity index (χ2n) is 4.87. The van der Waals surface area contributed by atoms with Gasteiger partial charge in [0.05, 0.1) is 10.7 Å². The third-order valence-electron chi connectivity index (χ3n) is 2.80. The van der Waals surface area contributed by atoms with Crippen molar-refractivity contribution in [2.45, 2.75) is 20.3 Å². The SMILES string of the molecule is CC(C)CNCCc1coc2c(Br)cc(Cl)cc12. The van der Waals surface area contributed by atoms with Crippen LogP contribution in [0.25, 0.3) is 11.0 Å². The first kappa shape index (κ1) is 13.9. The summed E-state index contributed by atoms with van der Waals surface area (Å²) in [5.74, 6) is 0.676. The molecule has 0 bridgehead atoms. The number of halogens is 2. The zero-order valence-electron chi connectivity index (χ0n) is 10.6. The van der Waals surface area contributed by atoms with Crippen LogP contribution in [0, 0.1) is 5.92 Å². The first-order chi connectivity index (χ1) is 8.58. The van der Waals surface area contributed by atoms with Gasteiger partial charge < -0.3 is 9.73 Å². The fraction of sp³-hybridized carbons (Fsp3) is 0.429. The second-order valence-corrected chi connectivity index (χ2v) is 6.16. The van der Waals surface area contributed by atoms with Gasteiger partial charge in [-0.25, -0.2) is 0 Å². The van der Waals surface area contributed by atoms with E-state index in [1.807, 2.05) is 18.4 Å². The normalized spacial score (nSPS) is 11.6. The summed E-state index contributed by atoms with van der Waals surface area (Å²) in [5.41, 5.74) is 2.07. The molecule has 1 N–H and O–H groups in total. The van der Waals surface area contributed by atoms with E-state index < -0.39 is 0 Å². The maximum atomic E-state index is 6.07. The highest BCUT2D eigenvalue weighted by Crippen LogP contribution is 2.31. The van der Waals surface area contributed by atoms with Crippen LogP contribution in [0.3, 0.4) is 0 Å². The van der Waals surface area contributed by atoms with Gasteiger partial charge in [-0.1, -0.05) is 25.4 Å². The summed E-state index contributed by atoms with van der Waals surface area (Å²) in [7, 11) is 0. The van der Waals surface area contributed by atoms with E-state index in [2.05, 4.69) is 35.1 Å². The highest BCUT2D eigenvalue weighted by atomic mass is 79.9. The van der Waals surface area contributed by atoms with Gasteiger partial charge in [-0.05, 0) is 59.1 Å². The van der Waals surface area contributed by atoms with Gasteiger partial charge in [0, 0.05) is 10.4 Å². The van der Waals surface area contributed by atoms with Gasteiger partial charge in [0.15, 0.2) is 0 Å². The van der Waals surface area contributed by atoms with E-state index in [0.29, 0.717) is 5.92 Å². The topological polar surface area (TPSA) is 25.2 Å². The summed E-state index contributed by atoms with van der Waals surface area (Å²) >= 11 is 9.54. The molecule has 2 nitrogen and oxygen atoms in total. The van der Waals surface area contributed by atoms with Crippen molar-refractivity contribution in [3.8, 4) is 0 Å². The van der Waals surface area contributed by atoms with Gasteiger partial charge in [-0.2, -0.15) is 0 Å². The molecule has 0 aliphatic heterocycles. The number of hydrogen-bond donors (Lipinski definition) is 1. The average molecular weight is 331 g/mol. The fourth-order valence-electron chi connectivity index (χ4n) is 1.92. The molecule has 0 unspecified atom stereocenters. The molecule has 1 aromatic carbocycles.